The highest BCUT2D eigenvalue weighted by Crippen LogP contribution is 2.18. The van der Waals surface area contributed by atoms with E-state index in [0.29, 0.717) is 0 Å². The fourth-order valence-corrected chi connectivity index (χ4v) is 1.49. The van der Waals surface area contributed by atoms with E-state index in [9.17, 15) is 0 Å². The SMILES string of the molecule is CCC1CCN(C=N)CC1. The maximum absolute atomic E-state index is 7.02. The molecule has 0 radical (unpaired) electrons. The topological polar surface area (TPSA) is 27.1 Å². The Kier molecular flexibility index (Phi) is 2.72. The highest BCUT2D eigenvalue weighted by atomic mass is 15.1. The zero-order chi connectivity index (χ0) is 7.40. The van der Waals surface area contributed by atoms with Crippen LogP contribution in [-0.2, 0) is 0 Å². The summed E-state index contributed by atoms with van der Waals surface area (Å²) in [6.07, 6.45) is 5.34. The molecule has 1 N–H and O–H groups in total. The van der Waals surface area contributed by atoms with Crippen LogP contribution in [0.15, 0.2) is 0 Å². The molecule has 0 spiro atoms. The van der Waals surface area contributed by atoms with Crippen LogP contribution in [0, 0.1) is 11.3 Å². The van der Waals surface area contributed by atoms with Gasteiger partial charge in [0.15, 0.2) is 0 Å². The molecular formula is C8H16N2. The van der Waals surface area contributed by atoms with Crippen LogP contribution >= 0.6 is 0 Å². The lowest BCUT2D eigenvalue weighted by atomic mass is 9.95. The van der Waals surface area contributed by atoms with Crippen LogP contribution in [-0.4, -0.2) is 24.3 Å². The maximum Gasteiger partial charge on any atom is 0.0817 e. The van der Waals surface area contributed by atoms with E-state index in [1.54, 1.807) is 0 Å². The van der Waals surface area contributed by atoms with E-state index >= 15 is 0 Å². The van der Waals surface area contributed by atoms with E-state index in [2.05, 4.69) is 11.8 Å². The molecule has 0 aromatic carbocycles. The zero-order valence-corrected chi connectivity index (χ0v) is 6.64. The second-order valence-electron chi connectivity index (χ2n) is 3.02. The first kappa shape index (κ1) is 7.58. The molecule has 0 saturated carbocycles. The minimum Gasteiger partial charge on any atom is -0.363 e. The summed E-state index contributed by atoms with van der Waals surface area (Å²) < 4.78 is 0. The molecule has 10 heavy (non-hydrogen) atoms. The molecule has 1 saturated heterocycles. The van der Waals surface area contributed by atoms with Crippen molar-refractivity contribution in [2.75, 3.05) is 13.1 Å². The van der Waals surface area contributed by atoms with Crippen molar-refractivity contribution in [1.29, 1.82) is 5.41 Å². The van der Waals surface area contributed by atoms with Gasteiger partial charge in [-0.3, -0.25) is 5.41 Å². The van der Waals surface area contributed by atoms with Gasteiger partial charge < -0.3 is 4.90 Å². The fraction of sp³-hybridized carbons (Fsp3) is 0.875. The van der Waals surface area contributed by atoms with Crippen molar-refractivity contribution in [3.05, 3.63) is 0 Å². The largest absolute Gasteiger partial charge is 0.363 e. The van der Waals surface area contributed by atoms with Crippen molar-refractivity contribution in [3.63, 3.8) is 0 Å². The van der Waals surface area contributed by atoms with Gasteiger partial charge in [-0.2, -0.15) is 0 Å². The molecule has 1 fully saturated rings. The Morgan fingerprint density at radius 2 is 2.10 bits per heavy atom. The molecular weight excluding hydrogens is 124 g/mol. The van der Waals surface area contributed by atoms with Crippen LogP contribution in [0.1, 0.15) is 26.2 Å². The van der Waals surface area contributed by atoms with Gasteiger partial charge in [0.2, 0.25) is 0 Å². The average Bonchev–Trinajstić information content (AvgIpc) is 2.05. The predicted molar refractivity (Wildman–Crippen MR) is 43.4 cm³/mol. The van der Waals surface area contributed by atoms with Crippen molar-refractivity contribution in [1.82, 2.24) is 4.90 Å². The fourth-order valence-electron chi connectivity index (χ4n) is 1.49. The monoisotopic (exact) mass is 140 g/mol. The van der Waals surface area contributed by atoms with Crippen LogP contribution in [0.25, 0.3) is 0 Å². The molecule has 0 atom stereocenters. The standard InChI is InChI=1S/C8H16N2/c1-2-8-3-5-10(7-9)6-4-8/h7-9H,2-6H2,1H3. The Balaban J connectivity index is 2.23. The first-order valence-electron chi connectivity index (χ1n) is 4.11. The summed E-state index contributed by atoms with van der Waals surface area (Å²) in [6, 6.07) is 0. The summed E-state index contributed by atoms with van der Waals surface area (Å²) in [7, 11) is 0. The van der Waals surface area contributed by atoms with Crippen LogP contribution in [0.5, 0.6) is 0 Å². The minimum absolute atomic E-state index is 0.927. The second kappa shape index (κ2) is 3.59. The first-order chi connectivity index (χ1) is 4.86. The number of nitrogens with zero attached hydrogens (tertiary/aromatic N) is 1. The quantitative estimate of drug-likeness (QED) is 0.459. The Morgan fingerprint density at radius 3 is 2.50 bits per heavy atom. The number of rotatable bonds is 2. The lowest BCUT2D eigenvalue weighted by molar-refractivity contribution is 0.266. The minimum atomic E-state index is 0.927. The molecule has 1 aliphatic rings. The third kappa shape index (κ3) is 1.72. The normalized spacial score (nSPS) is 21.1. The molecule has 1 rings (SSSR count). The third-order valence-corrected chi connectivity index (χ3v) is 2.41. The Bertz CT molecular complexity index is 104. The smallest absolute Gasteiger partial charge is 0.0817 e. The van der Waals surface area contributed by atoms with Crippen molar-refractivity contribution < 1.29 is 0 Å². The molecule has 1 heterocycles. The molecule has 0 aromatic heterocycles. The first-order valence-corrected chi connectivity index (χ1v) is 4.11. The van der Waals surface area contributed by atoms with E-state index in [0.717, 1.165) is 19.0 Å². The molecule has 0 amide bonds. The summed E-state index contributed by atoms with van der Waals surface area (Å²) in [5.74, 6) is 0.927. The van der Waals surface area contributed by atoms with Crippen molar-refractivity contribution in [2.45, 2.75) is 26.2 Å². The molecule has 0 aliphatic carbocycles. The average molecular weight is 140 g/mol. The number of hydrogen-bond donors (Lipinski definition) is 1. The van der Waals surface area contributed by atoms with Gasteiger partial charge >= 0.3 is 0 Å². The second-order valence-corrected chi connectivity index (χ2v) is 3.02. The van der Waals surface area contributed by atoms with Gasteiger partial charge in [-0.15, -0.1) is 0 Å². The van der Waals surface area contributed by atoms with Gasteiger partial charge in [-0.1, -0.05) is 13.3 Å². The molecule has 0 unspecified atom stereocenters. The van der Waals surface area contributed by atoms with Gasteiger partial charge in [0, 0.05) is 13.1 Å². The van der Waals surface area contributed by atoms with Crippen molar-refractivity contribution >= 4 is 6.34 Å². The van der Waals surface area contributed by atoms with Crippen molar-refractivity contribution in [3.8, 4) is 0 Å². The van der Waals surface area contributed by atoms with Crippen LogP contribution in [0.2, 0.25) is 0 Å². The van der Waals surface area contributed by atoms with Crippen LogP contribution < -0.4 is 0 Å². The van der Waals surface area contributed by atoms with Crippen LogP contribution in [0.4, 0.5) is 0 Å². The molecule has 0 bridgehead atoms. The van der Waals surface area contributed by atoms with E-state index in [4.69, 9.17) is 5.41 Å². The Morgan fingerprint density at radius 1 is 1.50 bits per heavy atom. The number of nitrogens with one attached hydrogen (secondary N) is 1. The van der Waals surface area contributed by atoms with Gasteiger partial charge in [0.25, 0.3) is 0 Å². The third-order valence-electron chi connectivity index (χ3n) is 2.41. The lowest BCUT2D eigenvalue weighted by Gasteiger charge is -2.29. The summed E-state index contributed by atoms with van der Waals surface area (Å²) in [5.41, 5.74) is 0. The molecule has 0 aromatic rings. The van der Waals surface area contributed by atoms with Gasteiger partial charge in [-0.05, 0) is 18.8 Å². The van der Waals surface area contributed by atoms with E-state index < -0.39 is 0 Å². The number of hydrogen-bond acceptors (Lipinski definition) is 1. The van der Waals surface area contributed by atoms with Gasteiger partial charge in [-0.25, -0.2) is 0 Å². The maximum atomic E-state index is 7.02. The van der Waals surface area contributed by atoms with E-state index in [-0.39, 0.29) is 0 Å². The van der Waals surface area contributed by atoms with E-state index in [1.807, 2.05) is 0 Å². The summed E-state index contributed by atoms with van der Waals surface area (Å²) in [4.78, 5) is 2.09. The van der Waals surface area contributed by atoms with Crippen molar-refractivity contribution in [2.24, 2.45) is 5.92 Å². The van der Waals surface area contributed by atoms with Gasteiger partial charge in [0.05, 0.1) is 6.34 Å². The predicted octanol–water partition coefficient (Wildman–Crippen LogP) is 1.72. The highest BCUT2D eigenvalue weighted by molar-refractivity contribution is 5.50. The van der Waals surface area contributed by atoms with E-state index in [1.165, 1.54) is 25.6 Å². The Labute approximate surface area is 62.7 Å². The molecule has 2 nitrogen and oxygen atoms in total. The summed E-state index contributed by atoms with van der Waals surface area (Å²) in [5, 5.41) is 7.02. The molecule has 2 heteroatoms. The molecule has 1 aliphatic heterocycles. The number of likely N-dealkylation sites (tertiary alicyclic amines) is 1. The summed E-state index contributed by atoms with van der Waals surface area (Å²) in [6.45, 7) is 4.45. The zero-order valence-electron chi connectivity index (χ0n) is 6.64. The van der Waals surface area contributed by atoms with Gasteiger partial charge in [0.1, 0.15) is 0 Å². The lowest BCUT2D eigenvalue weighted by Crippen LogP contribution is -2.31. The highest BCUT2D eigenvalue weighted by Gasteiger charge is 2.14. The van der Waals surface area contributed by atoms with Crippen LogP contribution in [0.3, 0.4) is 0 Å². The number of piperidine rings is 1. The summed E-state index contributed by atoms with van der Waals surface area (Å²) >= 11 is 0. The Hall–Kier alpha value is -0.530. The molecule has 58 valence electrons.